The molecule has 1 aliphatic carbocycles. The molecular formula is C48H56N4O11. The van der Waals surface area contributed by atoms with E-state index < -0.39 is 89.7 Å². The van der Waals surface area contributed by atoms with E-state index in [9.17, 15) is 24.3 Å². The molecule has 15 nitrogen and oxygen atoms in total. The van der Waals surface area contributed by atoms with Crippen molar-refractivity contribution in [2.24, 2.45) is 5.41 Å². The molecule has 63 heavy (non-hydrogen) atoms. The molecule has 0 aromatic heterocycles. The van der Waals surface area contributed by atoms with Gasteiger partial charge in [0.05, 0.1) is 19.2 Å². The Morgan fingerprint density at radius 2 is 1.60 bits per heavy atom. The Morgan fingerprint density at radius 1 is 0.952 bits per heavy atom. The van der Waals surface area contributed by atoms with Gasteiger partial charge in [0.25, 0.3) is 0 Å². The van der Waals surface area contributed by atoms with Crippen LogP contribution in [-0.2, 0) is 60.1 Å². The molecular weight excluding hydrogens is 809 g/mol. The van der Waals surface area contributed by atoms with Gasteiger partial charge in [-0.2, -0.15) is 5.06 Å². The molecule has 0 spiro atoms. The van der Waals surface area contributed by atoms with E-state index in [0.29, 0.717) is 24.0 Å². The summed E-state index contributed by atoms with van der Waals surface area (Å²) in [4.78, 5) is 78.8. The van der Waals surface area contributed by atoms with Crippen molar-refractivity contribution in [1.82, 2.24) is 20.2 Å². The maximum absolute atomic E-state index is 15.7. The topological polar surface area (TPSA) is 173 Å². The lowest BCUT2D eigenvalue weighted by Crippen LogP contribution is -2.70. The lowest BCUT2D eigenvalue weighted by molar-refractivity contribution is -0.214. The summed E-state index contributed by atoms with van der Waals surface area (Å²) in [5.41, 5.74) is 0.741. The second-order valence-corrected chi connectivity index (χ2v) is 18.2. The van der Waals surface area contributed by atoms with E-state index in [1.54, 1.807) is 40.9 Å². The van der Waals surface area contributed by atoms with E-state index >= 15 is 4.79 Å². The molecule has 2 bridgehead atoms. The smallest absolute Gasteiger partial charge is 0.327 e. The van der Waals surface area contributed by atoms with Crippen molar-refractivity contribution in [3.8, 4) is 0 Å². The number of amides is 3. The number of hydrogen-bond acceptors (Lipinski definition) is 12. The molecule has 4 heterocycles. The van der Waals surface area contributed by atoms with Gasteiger partial charge in [0.15, 0.2) is 6.04 Å². The Balaban J connectivity index is 1.12. The summed E-state index contributed by atoms with van der Waals surface area (Å²) >= 11 is 0. The number of nitrogens with one attached hydrogen (secondary N) is 1. The van der Waals surface area contributed by atoms with Gasteiger partial charge in [-0.05, 0) is 57.2 Å². The van der Waals surface area contributed by atoms with Gasteiger partial charge in [0.1, 0.15) is 41.5 Å². The number of hydrogen-bond donors (Lipinski definition) is 2. The second kappa shape index (κ2) is 17.6. The maximum atomic E-state index is 15.7. The lowest BCUT2D eigenvalue weighted by atomic mass is 9.62. The molecule has 0 radical (unpaired) electrons. The van der Waals surface area contributed by atoms with Crippen molar-refractivity contribution in [3.63, 3.8) is 0 Å². The van der Waals surface area contributed by atoms with Crippen LogP contribution in [0.2, 0.25) is 0 Å². The minimum absolute atomic E-state index is 0.0210. The summed E-state index contributed by atoms with van der Waals surface area (Å²) in [6.07, 6.45) is 0.573. The fourth-order valence-corrected chi connectivity index (χ4v) is 9.64. The van der Waals surface area contributed by atoms with Crippen LogP contribution in [0.1, 0.15) is 75.1 Å². The van der Waals surface area contributed by atoms with Crippen LogP contribution in [0.25, 0.3) is 6.08 Å². The van der Waals surface area contributed by atoms with Crippen molar-refractivity contribution in [3.05, 3.63) is 113 Å². The number of carbonyl (C=O) groups is 5. The molecule has 2 N–H and O–H groups in total. The van der Waals surface area contributed by atoms with Gasteiger partial charge in [-0.25, -0.2) is 0 Å². The number of fused-ring (bicyclic) bond motifs is 4. The average Bonchev–Trinajstić information content (AvgIpc) is 4.01. The quantitative estimate of drug-likeness (QED) is 0.188. The summed E-state index contributed by atoms with van der Waals surface area (Å²) < 4.78 is 25.8. The van der Waals surface area contributed by atoms with Gasteiger partial charge < -0.3 is 39.2 Å². The fraction of sp³-hybridized carbons (Fsp3) is 0.479. The highest BCUT2D eigenvalue weighted by molar-refractivity contribution is 5.97. The van der Waals surface area contributed by atoms with Gasteiger partial charge in [0.2, 0.25) is 23.5 Å². The first kappa shape index (κ1) is 44.2. The number of hydroxylamine groups is 2. The maximum Gasteiger partial charge on any atom is 0.327 e. The average molecular weight is 865 g/mol. The Bertz CT molecular complexity index is 2170. The fourth-order valence-electron chi connectivity index (χ4n) is 9.64. The van der Waals surface area contributed by atoms with Crippen molar-refractivity contribution >= 4 is 35.7 Å². The largest absolute Gasteiger partial charge is 0.460 e. The molecule has 15 heteroatoms. The van der Waals surface area contributed by atoms with Crippen LogP contribution in [0, 0.1) is 5.41 Å². The third-order valence-corrected chi connectivity index (χ3v) is 12.5. The third kappa shape index (κ3) is 8.52. The molecule has 3 aromatic carbocycles. The summed E-state index contributed by atoms with van der Waals surface area (Å²) in [5, 5.41) is 14.6. The number of aliphatic hydroxyl groups excluding tert-OH is 1. The van der Waals surface area contributed by atoms with Crippen LogP contribution in [0.3, 0.4) is 0 Å². The molecule has 1 saturated carbocycles. The SMILES string of the molecule is CN(C)C(=O)C=Cc1ccc(CN2OC3C4OC(c5ccccc5)(c5ccccc5)OC4C4CC3(C(=O)N3CCCC3C(=O)NC(CO)CCC(=O)OC(C)(C)C)C2C(=O)O4)cc1. The van der Waals surface area contributed by atoms with E-state index in [1.807, 2.05) is 84.9 Å². The third-order valence-electron chi connectivity index (χ3n) is 12.5. The molecule has 334 valence electrons. The monoisotopic (exact) mass is 864 g/mol. The van der Waals surface area contributed by atoms with Crippen LogP contribution in [-0.4, -0.2) is 125 Å². The minimum Gasteiger partial charge on any atom is -0.460 e. The van der Waals surface area contributed by atoms with Gasteiger partial charge in [-0.3, -0.25) is 28.8 Å². The number of nitrogens with zero attached hydrogens (tertiary/aromatic N) is 3. The zero-order valence-corrected chi connectivity index (χ0v) is 36.3. The zero-order valence-electron chi connectivity index (χ0n) is 36.3. The first-order valence-electron chi connectivity index (χ1n) is 21.7. The zero-order chi connectivity index (χ0) is 44.7. The first-order chi connectivity index (χ1) is 30.1. The second-order valence-electron chi connectivity index (χ2n) is 18.2. The van der Waals surface area contributed by atoms with Crippen LogP contribution in [0.15, 0.2) is 91.0 Å². The van der Waals surface area contributed by atoms with Crippen LogP contribution in [0.5, 0.6) is 0 Å². The number of ether oxygens (including phenoxy) is 4. The van der Waals surface area contributed by atoms with Crippen LogP contribution in [0.4, 0.5) is 0 Å². The first-order valence-corrected chi connectivity index (χ1v) is 21.7. The lowest BCUT2D eigenvalue weighted by Gasteiger charge is -2.50. The number of benzene rings is 3. The predicted molar refractivity (Wildman–Crippen MR) is 228 cm³/mol. The molecule has 8 rings (SSSR count). The number of likely N-dealkylation sites (tertiary alicyclic amines) is 1. The molecule has 3 amide bonds. The predicted octanol–water partition coefficient (Wildman–Crippen LogP) is 3.86. The number of rotatable bonds is 13. The molecule has 8 unspecified atom stereocenters. The van der Waals surface area contributed by atoms with E-state index in [0.717, 1.165) is 11.1 Å². The van der Waals surface area contributed by atoms with E-state index in [2.05, 4.69) is 5.32 Å². The van der Waals surface area contributed by atoms with Crippen molar-refractivity contribution in [2.45, 2.75) is 113 Å². The Morgan fingerprint density at radius 3 is 2.22 bits per heavy atom. The Hall–Kier alpha value is -5.45. The van der Waals surface area contributed by atoms with Crippen molar-refractivity contribution < 1.29 is 52.9 Å². The Labute approximate surface area is 367 Å². The highest BCUT2D eigenvalue weighted by atomic mass is 16.8. The number of esters is 2. The molecule has 3 aromatic rings. The van der Waals surface area contributed by atoms with Crippen LogP contribution >= 0.6 is 0 Å². The van der Waals surface area contributed by atoms with Crippen LogP contribution < -0.4 is 5.32 Å². The number of carbonyl (C=O) groups excluding carboxylic acids is 5. The standard InChI is InChI=1S/C48H56N4O11/c1-46(2,3)60-38(55)25-23-34(29-53)49-43(56)35-17-12-26-51(35)45(58)47-27-36-39-40(62-48(61-39,32-13-8-6-9-14-32)33-15-10-7-11-16-33)42(47)63-52(41(47)44(57)59-36)28-31-20-18-30(19-21-31)22-24-37(54)50(4)5/h6-11,13-16,18-22,24,34-36,39-42,53H,12,17,23,25-29H2,1-5H3,(H,49,56). The molecule has 5 aliphatic rings. The number of aliphatic hydroxyl groups is 1. The van der Waals surface area contributed by atoms with Gasteiger partial charge in [-0.1, -0.05) is 84.9 Å². The van der Waals surface area contributed by atoms with E-state index in [4.69, 9.17) is 23.8 Å². The summed E-state index contributed by atoms with van der Waals surface area (Å²) in [6, 6.07) is 23.5. The van der Waals surface area contributed by atoms with E-state index in [-0.39, 0.29) is 38.3 Å². The molecule has 4 aliphatic heterocycles. The molecule has 4 saturated heterocycles. The van der Waals surface area contributed by atoms with Gasteiger partial charge in [-0.15, -0.1) is 0 Å². The van der Waals surface area contributed by atoms with Crippen molar-refractivity contribution in [1.29, 1.82) is 0 Å². The number of likely N-dealkylation sites (N-methyl/N-ethyl adjacent to an activating group) is 1. The van der Waals surface area contributed by atoms with Gasteiger partial charge >= 0.3 is 11.9 Å². The van der Waals surface area contributed by atoms with Gasteiger partial charge in [0, 0.05) is 50.7 Å². The molecule has 8 atom stereocenters. The summed E-state index contributed by atoms with van der Waals surface area (Å²) in [5.74, 6) is -3.59. The molecule has 5 fully saturated rings. The minimum atomic E-state index is -1.56. The van der Waals surface area contributed by atoms with E-state index in [1.165, 1.54) is 20.9 Å². The summed E-state index contributed by atoms with van der Waals surface area (Å²) in [7, 11) is 3.35. The summed E-state index contributed by atoms with van der Waals surface area (Å²) in [6.45, 7) is 5.21. The highest BCUT2D eigenvalue weighted by Gasteiger charge is 2.77. The normalized spacial score (nSPS) is 27.7. The Kier molecular flexibility index (Phi) is 12.3. The van der Waals surface area contributed by atoms with Crippen molar-refractivity contribution in [2.75, 3.05) is 27.2 Å². The highest BCUT2D eigenvalue weighted by Crippen LogP contribution is 2.60.